The van der Waals surface area contributed by atoms with Crippen molar-refractivity contribution in [2.75, 3.05) is 18.0 Å². The number of benzene rings is 2. The molecule has 0 atom stereocenters. The van der Waals surface area contributed by atoms with Gasteiger partial charge in [-0.2, -0.15) is 0 Å². The van der Waals surface area contributed by atoms with Gasteiger partial charge in [0.1, 0.15) is 5.70 Å². The van der Waals surface area contributed by atoms with Gasteiger partial charge in [-0.25, -0.2) is 4.90 Å². The minimum atomic E-state index is -0.225. The topological polar surface area (TPSA) is 40.6 Å². The van der Waals surface area contributed by atoms with E-state index in [0.29, 0.717) is 17.0 Å². The molecule has 0 bridgehead atoms. The third-order valence-electron chi connectivity index (χ3n) is 6.52. The number of hydrogen-bond donors (Lipinski definition) is 0. The fourth-order valence-electron chi connectivity index (χ4n) is 4.43. The molecule has 162 valence electrons. The van der Waals surface area contributed by atoms with Gasteiger partial charge in [0.05, 0.1) is 11.3 Å². The molecule has 2 aromatic carbocycles. The van der Waals surface area contributed by atoms with Crippen molar-refractivity contribution in [1.29, 1.82) is 0 Å². The molecule has 0 aliphatic carbocycles. The van der Waals surface area contributed by atoms with Crippen LogP contribution in [0.3, 0.4) is 0 Å². The number of rotatable bonds is 3. The number of piperidine rings is 1. The van der Waals surface area contributed by atoms with Crippen LogP contribution in [0.5, 0.6) is 0 Å². The van der Waals surface area contributed by atoms with Gasteiger partial charge in [-0.3, -0.25) is 9.59 Å². The highest BCUT2D eigenvalue weighted by Crippen LogP contribution is 2.37. The maximum absolute atomic E-state index is 13.7. The van der Waals surface area contributed by atoms with Crippen molar-refractivity contribution in [1.82, 2.24) is 4.90 Å². The lowest BCUT2D eigenvalue weighted by molar-refractivity contribution is -0.120. The molecule has 2 amide bonds. The van der Waals surface area contributed by atoms with Gasteiger partial charge in [-0.15, -0.1) is 0 Å². The normalized spacial score (nSPS) is 17.7. The molecule has 0 saturated carbocycles. The van der Waals surface area contributed by atoms with E-state index >= 15 is 0 Å². The summed E-state index contributed by atoms with van der Waals surface area (Å²) in [5.74, 6) is -0.430. The second kappa shape index (κ2) is 7.99. The molecule has 1 saturated heterocycles. The Morgan fingerprint density at radius 2 is 1.42 bits per heavy atom. The van der Waals surface area contributed by atoms with E-state index in [1.807, 2.05) is 49.4 Å². The van der Waals surface area contributed by atoms with E-state index < -0.39 is 0 Å². The molecule has 4 nitrogen and oxygen atoms in total. The van der Waals surface area contributed by atoms with Crippen LogP contribution in [0.4, 0.5) is 5.69 Å². The average Bonchev–Trinajstić information content (AvgIpc) is 3.00. The van der Waals surface area contributed by atoms with Crippen molar-refractivity contribution in [3.63, 3.8) is 0 Å². The summed E-state index contributed by atoms with van der Waals surface area (Å²) in [6, 6.07) is 13.9. The Morgan fingerprint density at radius 3 is 2.00 bits per heavy atom. The van der Waals surface area contributed by atoms with Crippen LogP contribution < -0.4 is 4.90 Å². The Labute approximate surface area is 185 Å². The van der Waals surface area contributed by atoms with Crippen LogP contribution in [0, 0.1) is 13.8 Å². The lowest BCUT2D eigenvalue weighted by atomic mass is 9.87. The molecule has 2 aromatic rings. The summed E-state index contributed by atoms with van der Waals surface area (Å²) in [5, 5.41) is 0. The van der Waals surface area contributed by atoms with Crippen molar-refractivity contribution < 1.29 is 9.59 Å². The van der Waals surface area contributed by atoms with Crippen LogP contribution in [0.1, 0.15) is 62.3 Å². The molecular weight excluding hydrogens is 384 g/mol. The van der Waals surface area contributed by atoms with Crippen LogP contribution in [-0.2, 0) is 15.0 Å². The first kappa shape index (κ1) is 21.4. The molecule has 4 rings (SSSR count). The summed E-state index contributed by atoms with van der Waals surface area (Å²) >= 11 is 0. The van der Waals surface area contributed by atoms with Gasteiger partial charge < -0.3 is 4.90 Å². The number of anilines is 1. The van der Waals surface area contributed by atoms with Crippen LogP contribution in [-0.4, -0.2) is 29.8 Å². The van der Waals surface area contributed by atoms with E-state index in [2.05, 4.69) is 32.6 Å². The summed E-state index contributed by atoms with van der Waals surface area (Å²) < 4.78 is 0. The molecule has 2 aliphatic rings. The summed E-state index contributed by atoms with van der Waals surface area (Å²) in [4.78, 5) is 30.8. The van der Waals surface area contributed by atoms with Crippen LogP contribution in [0.2, 0.25) is 0 Å². The van der Waals surface area contributed by atoms with E-state index in [4.69, 9.17) is 0 Å². The van der Waals surface area contributed by atoms with Crippen molar-refractivity contribution >= 4 is 23.1 Å². The van der Waals surface area contributed by atoms with E-state index in [1.54, 1.807) is 0 Å². The van der Waals surface area contributed by atoms with Gasteiger partial charge in [-0.1, -0.05) is 51.1 Å². The first-order valence-electron chi connectivity index (χ1n) is 11.2. The number of carbonyl (C=O) groups is 2. The number of aryl methyl sites for hydroxylation is 2. The van der Waals surface area contributed by atoms with Gasteiger partial charge >= 0.3 is 0 Å². The molecule has 1 fully saturated rings. The number of hydrogen-bond acceptors (Lipinski definition) is 3. The van der Waals surface area contributed by atoms with Gasteiger partial charge in [-0.05, 0) is 72.9 Å². The fourth-order valence-corrected chi connectivity index (χ4v) is 4.43. The maximum Gasteiger partial charge on any atom is 0.282 e. The zero-order valence-corrected chi connectivity index (χ0v) is 19.3. The molecule has 2 heterocycles. The Balaban J connectivity index is 1.79. The zero-order valence-electron chi connectivity index (χ0n) is 19.3. The first-order chi connectivity index (χ1) is 14.7. The minimum Gasteiger partial charge on any atom is -0.366 e. The highest BCUT2D eigenvalue weighted by molar-refractivity contribution is 6.45. The molecule has 0 unspecified atom stereocenters. The smallest absolute Gasteiger partial charge is 0.282 e. The van der Waals surface area contributed by atoms with Gasteiger partial charge in [0.2, 0.25) is 0 Å². The number of imide groups is 1. The number of likely N-dealkylation sites (tertiary alicyclic amines) is 1. The van der Waals surface area contributed by atoms with Crippen molar-refractivity contribution in [2.24, 2.45) is 0 Å². The van der Waals surface area contributed by atoms with E-state index in [9.17, 15) is 9.59 Å². The van der Waals surface area contributed by atoms with E-state index in [0.717, 1.165) is 37.1 Å². The molecule has 31 heavy (non-hydrogen) atoms. The summed E-state index contributed by atoms with van der Waals surface area (Å²) in [7, 11) is 0. The molecule has 0 radical (unpaired) electrons. The van der Waals surface area contributed by atoms with Gasteiger partial charge in [0.25, 0.3) is 11.8 Å². The lowest BCUT2D eigenvalue weighted by Gasteiger charge is -2.29. The predicted molar refractivity (Wildman–Crippen MR) is 126 cm³/mol. The molecular formula is C27H32N2O2. The molecule has 2 aliphatic heterocycles. The van der Waals surface area contributed by atoms with E-state index in [-0.39, 0.29) is 17.2 Å². The Bertz CT molecular complexity index is 1050. The number of carbonyl (C=O) groups excluding carboxylic acids is 2. The SMILES string of the molecule is Cc1ccc(C2=C(N3CCCCC3)C(=O)N(c3ccc(C(C)(C)C)cc3)C2=O)cc1C. The largest absolute Gasteiger partial charge is 0.366 e. The number of amides is 2. The maximum atomic E-state index is 13.7. The van der Waals surface area contributed by atoms with Crippen molar-refractivity contribution in [3.8, 4) is 0 Å². The minimum absolute atomic E-state index is 0.0132. The number of nitrogens with zero attached hydrogens (tertiary/aromatic N) is 2. The Kier molecular flexibility index (Phi) is 5.50. The average molecular weight is 417 g/mol. The second-order valence-corrected chi connectivity index (χ2v) is 9.81. The molecule has 0 aromatic heterocycles. The second-order valence-electron chi connectivity index (χ2n) is 9.81. The Hall–Kier alpha value is -2.88. The highest BCUT2D eigenvalue weighted by Gasteiger charge is 2.42. The highest BCUT2D eigenvalue weighted by atomic mass is 16.2. The van der Waals surface area contributed by atoms with Gasteiger partial charge in [0.15, 0.2) is 0 Å². The van der Waals surface area contributed by atoms with Crippen LogP contribution >= 0.6 is 0 Å². The molecule has 0 N–H and O–H groups in total. The third-order valence-corrected chi connectivity index (χ3v) is 6.52. The summed E-state index contributed by atoms with van der Waals surface area (Å²) in [6.45, 7) is 12.2. The van der Waals surface area contributed by atoms with Crippen molar-refractivity contribution in [3.05, 3.63) is 70.4 Å². The first-order valence-corrected chi connectivity index (χ1v) is 11.2. The van der Waals surface area contributed by atoms with Crippen LogP contribution in [0.15, 0.2) is 48.2 Å². The fraction of sp³-hybridized carbons (Fsp3) is 0.407. The molecule has 0 spiro atoms. The quantitative estimate of drug-likeness (QED) is 0.632. The predicted octanol–water partition coefficient (Wildman–Crippen LogP) is 5.37. The summed E-state index contributed by atoms with van der Waals surface area (Å²) in [5.41, 5.74) is 6.05. The third kappa shape index (κ3) is 3.91. The lowest BCUT2D eigenvalue weighted by Crippen LogP contribution is -2.37. The standard InChI is InChI=1S/C27H32N2O2/c1-18-9-10-20(17-19(18)2)23-24(28-15-7-6-8-16-28)26(31)29(25(23)30)22-13-11-21(12-14-22)27(3,4)5/h9-14,17H,6-8,15-16H2,1-5H3. The zero-order chi connectivity index (χ0) is 22.3. The van der Waals surface area contributed by atoms with Crippen molar-refractivity contribution in [2.45, 2.75) is 59.3 Å². The van der Waals surface area contributed by atoms with Crippen LogP contribution in [0.25, 0.3) is 5.57 Å². The molecule has 4 heteroatoms. The van der Waals surface area contributed by atoms with E-state index in [1.165, 1.54) is 22.4 Å². The monoisotopic (exact) mass is 416 g/mol. The summed E-state index contributed by atoms with van der Waals surface area (Å²) in [6.07, 6.45) is 3.26. The Morgan fingerprint density at radius 1 is 0.774 bits per heavy atom. The van der Waals surface area contributed by atoms with Gasteiger partial charge in [0, 0.05) is 13.1 Å².